The van der Waals surface area contributed by atoms with Gasteiger partial charge in [0.15, 0.2) is 5.75 Å². The predicted octanol–water partition coefficient (Wildman–Crippen LogP) is 3.87. The molecule has 0 radical (unpaired) electrons. The van der Waals surface area contributed by atoms with E-state index in [1.165, 1.54) is 19.1 Å². The van der Waals surface area contributed by atoms with Crippen LogP contribution in [0.1, 0.15) is 36.6 Å². The number of hydrogen-bond acceptors (Lipinski definition) is 5. The summed E-state index contributed by atoms with van der Waals surface area (Å²) in [5.41, 5.74) is 1.31. The molecule has 3 aromatic rings. The number of ether oxygens (including phenoxy) is 1. The van der Waals surface area contributed by atoms with Gasteiger partial charge in [-0.1, -0.05) is 23.2 Å². The van der Waals surface area contributed by atoms with Gasteiger partial charge in [0.25, 0.3) is 5.56 Å². The highest BCUT2D eigenvalue weighted by atomic mass is 35.5. The molecule has 8 nitrogen and oxygen atoms in total. The van der Waals surface area contributed by atoms with Crippen LogP contribution in [0.4, 0.5) is 5.69 Å². The van der Waals surface area contributed by atoms with Gasteiger partial charge < -0.3 is 10.1 Å². The van der Waals surface area contributed by atoms with Gasteiger partial charge in [0.1, 0.15) is 11.4 Å². The average molecular weight is 473 g/mol. The Morgan fingerprint density at radius 3 is 2.59 bits per heavy atom. The summed E-state index contributed by atoms with van der Waals surface area (Å²) in [6.45, 7) is 3.44. The third kappa shape index (κ3) is 3.05. The average Bonchev–Trinajstić information content (AvgIpc) is 3.00. The van der Waals surface area contributed by atoms with Crippen molar-refractivity contribution in [3.8, 4) is 17.2 Å². The smallest absolute Gasteiger partial charge is 0.349 e. The number of amides is 1. The summed E-state index contributed by atoms with van der Waals surface area (Å²) in [6.07, 6.45) is 2.41. The Kier molecular flexibility index (Phi) is 4.69. The highest BCUT2D eigenvalue weighted by Gasteiger charge is 2.46. The minimum atomic E-state index is -0.707. The van der Waals surface area contributed by atoms with Gasteiger partial charge >= 0.3 is 5.69 Å². The summed E-state index contributed by atoms with van der Waals surface area (Å²) in [7, 11) is 0. The van der Waals surface area contributed by atoms with E-state index in [2.05, 4.69) is 15.4 Å². The molecule has 0 bridgehead atoms. The first-order valence-corrected chi connectivity index (χ1v) is 10.8. The van der Waals surface area contributed by atoms with Crippen molar-refractivity contribution in [3.63, 3.8) is 0 Å². The van der Waals surface area contributed by atoms with Crippen LogP contribution in [0.15, 0.2) is 33.9 Å². The highest BCUT2D eigenvalue weighted by Crippen LogP contribution is 2.50. The molecule has 1 atom stereocenters. The van der Waals surface area contributed by atoms with Crippen molar-refractivity contribution >= 4 is 34.8 Å². The Balaban J connectivity index is 1.57. The first-order valence-electron chi connectivity index (χ1n) is 10.0. The van der Waals surface area contributed by atoms with Crippen molar-refractivity contribution in [2.75, 3.05) is 5.32 Å². The third-order valence-electron chi connectivity index (χ3n) is 6.11. The molecule has 0 spiro atoms. The van der Waals surface area contributed by atoms with Gasteiger partial charge in [-0.3, -0.25) is 14.6 Å². The number of carbonyl (C=O) groups is 1. The third-order valence-corrected chi connectivity index (χ3v) is 6.67. The first-order chi connectivity index (χ1) is 15.2. The molecule has 2 N–H and O–H groups in total. The Labute approximate surface area is 192 Å². The van der Waals surface area contributed by atoms with E-state index < -0.39 is 16.7 Å². The van der Waals surface area contributed by atoms with Gasteiger partial charge in [-0.05, 0) is 62.9 Å². The predicted molar refractivity (Wildman–Crippen MR) is 121 cm³/mol. The van der Waals surface area contributed by atoms with Crippen molar-refractivity contribution < 1.29 is 9.53 Å². The number of anilines is 1. The largest absolute Gasteiger partial charge is 0.454 e. The maximum absolute atomic E-state index is 12.5. The van der Waals surface area contributed by atoms with Crippen LogP contribution in [0, 0.1) is 6.92 Å². The van der Waals surface area contributed by atoms with E-state index in [0.29, 0.717) is 5.75 Å². The Bertz CT molecular complexity index is 1410. The van der Waals surface area contributed by atoms with E-state index in [4.69, 9.17) is 27.9 Å². The molecular weight excluding hydrogens is 455 g/mol. The van der Waals surface area contributed by atoms with Crippen LogP contribution in [0.2, 0.25) is 10.0 Å². The monoisotopic (exact) mass is 472 g/mol. The number of aromatic amines is 1. The molecule has 2 aromatic carbocycles. The topological polar surface area (TPSA) is 106 Å². The molecule has 0 fully saturated rings. The molecular formula is C22H18Cl2N4O4. The summed E-state index contributed by atoms with van der Waals surface area (Å²) in [4.78, 5) is 38.5. The summed E-state index contributed by atoms with van der Waals surface area (Å²) < 4.78 is 7.16. The molecule has 32 heavy (non-hydrogen) atoms. The van der Waals surface area contributed by atoms with Crippen molar-refractivity contribution in [1.82, 2.24) is 14.8 Å². The molecule has 10 heteroatoms. The number of nitrogens with one attached hydrogen (secondary N) is 2. The zero-order chi connectivity index (χ0) is 22.8. The zero-order valence-electron chi connectivity index (χ0n) is 17.2. The Morgan fingerprint density at radius 2 is 1.88 bits per heavy atom. The molecule has 1 aromatic heterocycles. The SMILES string of the molecule is Cc1nn(-c2cc(Cl)c(Oc3ccc4c5c3CCCC5(C)C(=O)N4)c(Cl)c2)c(=O)[nH]c1=O. The van der Waals surface area contributed by atoms with Crippen LogP contribution in [0.3, 0.4) is 0 Å². The molecule has 2 aliphatic rings. The number of rotatable bonds is 3. The Morgan fingerprint density at radius 1 is 1.16 bits per heavy atom. The first kappa shape index (κ1) is 20.8. The van der Waals surface area contributed by atoms with Gasteiger partial charge in [0.05, 0.1) is 21.1 Å². The summed E-state index contributed by atoms with van der Waals surface area (Å²) in [5.74, 6) is 0.810. The van der Waals surface area contributed by atoms with E-state index in [9.17, 15) is 14.4 Å². The fourth-order valence-corrected chi connectivity index (χ4v) is 5.02. The molecule has 0 saturated carbocycles. The van der Waals surface area contributed by atoms with E-state index in [-0.39, 0.29) is 33.1 Å². The van der Waals surface area contributed by atoms with Crippen LogP contribution in [-0.4, -0.2) is 20.7 Å². The number of benzene rings is 2. The van der Waals surface area contributed by atoms with E-state index in [1.54, 1.807) is 6.07 Å². The van der Waals surface area contributed by atoms with Crippen molar-refractivity contribution in [3.05, 3.63) is 72.0 Å². The molecule has 1 unspecified atom stereocenters. The molecule has 1 amide bonds. The van der Waals surface area contributed by atoms with Crippen molar-refractivity contribution in [2.24, 2.45) is 0 Å². The zero-order valence-corrected chi connectivity index (χ0v) is 18.7. The van der Waals surface area contributed by atoms with Gasteiger partial charge in [-0.2, -0.15) is 9.78 Å². The molecule has 2 heterocycles. The molecule has 5 rings (SSSR count). The molecule has 1 aliphatic heterocycles. The van der Waals surface area contributed by atoms with Gasteiger partial charge in [-0.25, -0.2) is 4.79 Å². The number of nitrogens with zero attached hydrogens (tertiary/aromatic N) is 2. The Hall–Kier alpha value is -3.10. The van der Waals surface area contributed by atoms with E-state index >= 15 is 0 Å². The highest BCUT2D eigenvalue weighted by molar-refractivity contribution is 6.37. The maximum Gasteiger partial charge on any atom is 0.349 e. The number of halogens is 2. The fraction of sp³-hybridized carbons (Fsp3) is 0.273. The summed E-state index contributed by atoms with van der Waals surface area (Å²) in [6, 6.07) is 6.60. The van der Waals surface area contributed by atoms with E-state index in [0.717, 1.165) is 40.8 Å². The van der Waals surface area contributed by atoms with Crippen molar-refractivity contribution in [2.45, 2.75) is 38.5 Å². The molecule has 164 valence electrons. The van der Waals surface area contributed by atoms with Crippen LogP contribution in [-0.2, 0) is 16.6 Å². The number of carbonyl (C=O) groups excluding carboxylic acids is 1. The lowest BCUT2D eigenvalue weighted by molar-refractivity contribution is -0.120. The van der Waals surface area contributed by atoms with Crippen LogP contribution in [0.5, 0.6) is 11.5 Å². The van der Waals surface area contributed by atoms with Gasteiger partial charge in [0.2, 0.25) is 5.91 Å². The minimum Gasteiger partial charge on any atom is -0.454 e. The standard InChI is InChI=1S/C22H18Cl2N4O4/c1-10-19(29)26-21(31)28(27-10)11-8-13(23)18(14(24)9-11)32-16-6-5-15-17-12(16)4-3-7-22(17,2)20(30)25-15/h5-6,8-9H,3-4,7H2,1-2H3,(H,25,30)(H,26,29,31). The van der Waals surface area contributed by atoms with Crippen molar-refractivity contribution in [1.29, 1.82) is 0 Å². The molecule has 0 saturated heterocycles. The second kappa shape index (κ2) is 7.21. The summed E-state index contributed by atoms with van der Waals surface area (Å²) >= 11 is 12.9. The summed E-state index contributed by atoms with van der Waals surface area (Å²) in [5, 5.41) is 7.30. The van der Waals surface area contributed by atoms with Crippen LogP contribution < -0.4 is 21.3 Å². The lowest BCUT2D eigenvalue weighted by Gasteiger charge is -2.30. The second-order valence-corrected chi connectivity index (χ2v) is 9.02. The minimum absolute atomic E-state index is 0.000144. The maximum atomic E-state index is 12.5. The lowest BCUT2D eigenvalue weighted by atomic mass is 9.72. The van der Waals surface area contributed by atoms with E-state index in [1.807, 2.05) is 13.0 Å². The quantitative estimate of drug-likeness (QED) is 0.601. The fourth-order valence-electron chi connectivity index (χ4n) is 4.47. The van der Waals surface area contributed by atoms with Crippen LogP contribution >= 0.6 is 23.2 Å². The number of H-pyrrole nitrogens is 1. The number of aromatic nitrogens is 3. The van der Waals surface area contributed by atoms with Crippen LogP contribution in [0.25, 0.3) is 5.69 Å². The normalized spacial score (nSPS) is 18.9. The second-order valence-electron chi connectivity index (χ2n) is 8.20. The number of hydrogen-bond donors (Lipinski definition) is 2. The lowest BCUT2D eigenvalue weighted by Crippen LogP contribution is -2.34. The molecule has 1 aliphatic carbocycles. The van der Waals surface area contributed by atoms with Gasteiger partial charge in [0, 0.05) is 11.3 Å². The number of aryl methyl sites for hydroxylation is 1. The van der Waals surface area contributed by atoms with Gasteiger partial charge in [-0.15, -0.1) is 0 Å².